The number of carbonyl (C=O) groups is 2. The SMILES string of the molecule is COC(=O)[C@H](Cc1c[nH]c2ccccc12)NC(=O)/C=C/c1cccc(C)c1. The van der Waals surface area contributed by atoms with Gasteiger partial charge in [0.15, 0.2) is 0 Å². The maximum Gasteiger partial charge on any atom is 0.328 e. The second-order valence-corrected chi connectivity index (χ2v) is 6.40. The van der Waals surface area contributed by atoms with Crippen LogP contribution in [0.3, 0.4) is 0 Å². The number of rotatable bonds is 6. The van der Waals surface area contributed by atoms with Crippen LogP contribution in [-0.2, 0) is 20.7 Å². The molecule has 0 unspecified atom stereocenters. The normalized spacial score (nSPS) is 12.2. The lowest BCUT2D eigenvalue weighted by atomic mass is 10.0. The Bertz CT molecular complexity index is 988. The quantitative estimate of drug-likeness (QED) is 0.522. The van der Waals surface area contributed by atoms with Crippen molar-refractivity contribution in [3.63, 3.8) is 0 Å². The number of nitrogens with one attached hydrogen (secondary N) is 2. The van der Waals surface area contributed by atoms with Gasteiger partial charge >= 0.3 is 5.97 Å². The minimum Gasteiger partial charge on any atom is -0.467 e. The Hall–Kier alpha value is -3.34. The van der Waals surface area contributed by atoms with E-state index in [-0.39, 0.29) is 5.91 Å². The number of para-hydroxylation sites is 1. The summed E-state index contributed by atoms with van der Waals surface area (Å²) < 4.78 is 4.86. The highest BCUT2D eigenvalue weighted by Crippen LogP contribution is 2.19. The van der Waals surface area contributed by atoms with Crippen LogP contribution in [0.15, 0.2) is 60.8 Å². The van der Waals surface area contributed by atoms with E-state index in [1.54, 1.807) is 6.08 Å². The molecule has 5 heteroatoms. The van der Waals surface area contributed by atoms with Gasteiger partial charge in [0.05, 0.1) is 7.11 Å². The van der Waals surface area contributed by atoms with Crippen LogP contribution in [0.25, 0.3) is 17.0 Å². The van der Waals surface area contributed by atoms with Crippen molar-refractivity contribution in [3.05, 3.63) is 77.5 Å². The molecule has 0 aliphatic heterocycles. The van der Waals surface area contributed by atoms with Crippen LogP contribution in [0, 0.1) is 6.92 Å². The Morgan fingerprint density at radius 1 is 1.19 bits per heavy atom. The van der Waals surface area contributed by atoms with Crippen molar-refractivity contribution >= 4 is 28.9 Å². The Morgan fingerprint density at radius 3 is 2.78 bits per heavy atom. The zero-order valence-corrected chi connectivity index (χ0v) is 15.4. The van der Waals surface area contributed by atoms with Crippen molar-refractivity contribution in [2.24, 2.45) is 0 Å². The minimum atomic E-state index is -0.760. The maximum absolute atomic E-state index is 12.3. The molecule has 0 fully saturated rings. The van der Waals surface area contributed by atoms with Gasteiger partial charge in [0.2, 0.25) is 5.91 Å². The largest absolute Gasteiger partial charge is 0.467 e. The van der Waals surface area contributed by atoms with E-state index in [2.05, 4.69) is 10.3 Å². The summed E-state index contributed by atoms with van der Waals surface area (Å²) in [5.41, 5.74) is 3.98. The molecule has 0 aliphatic carbocycles. The summed E-state index contributed by atoms with van der Waals surface area (Å²) in [6.07, 6.45) is 5.36. The van der Waals surface area contributed by atoms with E-state index in [1.165, 1.54) is 13.2 Å². The molecule has 3 rings (SSSR count). The standard InChI is InChI=1S/C22H22N2O3/c1-15-6-5-7-16(12-15)10-11-21(25)24-20(22(26)27-2)13-17-14-23-19-9-4-3-8-18(17)19/h3-12,14,20,23H,13H2,1-2H3,(H,24,25)/b11-10+/t20-/m0/s1. The lowest BCUT2D eigenvalue weighted by molar-refractivity contribution is -0.144. The van der Waals surface area contributed by atoms with Crippen molar-refractivity contribution in [2.75, 3.05) is 7.11 Å². The van der Waals surface area contributed by atoms with Crippen LogP contribution in [0.1, 0.15) is 16.7 Å². The molecule has 1 aromatic heterocycles. The third-order valence-electron chi connectivity index (χ3n) is 4.37. The number of H-pyrrole nitrogens is 1. The number of aromatic amines is 1. The fourth-order valence-corrected chi connectivity index (χ4v) is 3.02. The number of fused-ring (bicyclic) bond motifs is 1. The number of carbonyl (C=O) groups excluding carboxylic acids is 2. The van der Waals surface area contributed by atoms with Gasteiger partial charge in [-0.15, -0.1) is 0 Å². The van der Waals surface area contributed by atoms with E-state index in [0.717, 1.165) is 27.6 Å². The Kier molecular flexibility index (Phi) is 5.71. The van der Waals surface area contributed by atoms with Gasteiger partial charge in [0.1, 0.15) is 6.04 Å². The monoisotopic (exact) mass is 362 g/mol. The summed E-state index contributed by atoms with van der Waals surface area (Å²) in [4.78, 5) is 27.6. The number of ether oxygens (including phenoxy) is 1. The number of benzene rings is 2. The zero-order valence-electron chi connectivity index (χ0n) is 15.4. The van der Waals surface area contributed by atoms with Gasteiger partial charge in [-0.3, -0.25) is 4.79 Å². The molecule has 1 amide bonds. The number of methoxy groups -OCH3 is 1. The topological polar surface area (TPSA) is 71.2 Å². The van der Waals surface area contributed by atoms with Gasteiger partial charge in [-0.2, -0.15) is 0 Å². The second kappa shape index (κ2) is 8.36. The molecule has 27 heavy (non-hydrogen) atoms. The van der Waals surface area contributed by atoms with Gasteiger partial charge in [0, 0.05) is 29.6 Å². The third-order valence-corrected chi connectivity index (χ3v) is 4.37. The summed E-state index contributed by atoms with van der Waals surface area (Å²) in [6.45, 7) is 1.99. The first-order chi connectivity index (χ1) is 13.1. The van der Waals surface area contributed by atoms with Gasteiger partial charge in [-0.25, -0.2) is 4.79 Å². The number of hydrogen-bond donors (Lipinski definition) is 2. The number of aromatic nitrogens is 1. The van der Waals surface area contributed by atoms with Crippen molar-refractivity contribution in [3.8, 4) is 0 Å². The van der Waals surface area contributed by atoms with Crippen LogP contribution in [0.4, 0.5) is 0 Å². The summed E-state index contributed by atoms with van der Waals surface area (Å²) >= 11 is 0. The predicted molar refractivity (Wildman–Crippen MR) is 106 cm³/mol. The molecular weight excluding hydrogens is 340 g/mol. The van der Waals surface area contributed by atoms with Crippen LogP contribution >= 0.6 is 0 Å². The highest BCUT2D eigenvalue weighted by molar-refractivity contribution is 5.95. The Labute approximate surface area is 158 Å². The van der Waals surface area contributed by atoms with Crippen molar-refractivity contribution in [1.29, 1.82) is 0 Å². The van der Waals surface area contributed by atoms with Crippen molar-refractivity contribution in [1.82, 2.24) is 10.3 Å². The first-order valence-corrected chi connectivity index (χ1v) is 8.75. The molecule has 0 saturated carbocycles. The Balaban J connectivity index is 1.73. The van der Waals surface area contributed by atoms with Crippen molar-refractivity contribution < 1.29 is 14.3 Å². The average Bonchev–Trinajstić information content (AvgIpc) is 3.08. The molecule has 0 spiro atoms. The van der Waals surface area contributed by atoms with Gasteiger partial charge in [0.25, 0.3) is 0 Å². The fraction of sp³-hybridized carbons (Fsp3) is 0.182. The molecule has 138 valence electrons. The van der Waals surface area contributed by atoms with E-state index in [0.29, 0.717) is 6.42 Å². The lowest BCUT2D eigenvalue weighted by Crippen LogP contribution is -2.42. The highest BCUT2D eigenvalue weighted by atomic mass is 16.5. The van der Waals surface area contributed by atoms with E-state index >= 15 is 0 Å². The highest BCUT2D eigenvalue weighted by Gasteiger charge is 2.22. The average molecular weight is 362 g/mol. The van der Waals surface area contributed by atoms with Crippen molar-refractivity contribution in [2.45, 2.75) is 19.4 Å². The number of esters is 1. The third kappa shape index (κ3) is 4.64. The number of hydrogen-bond acceptors (Lipinski definition) is 3. The molecule has 2 aromatic carbocycles. The molecule has 1 heterocycles. The molecule has 0 saturated heterocycles. The molecule has 0 aliphatic rings. The Morgan fingerprint density at radius 2 is 2.00 bits per heavy atom. The van der Waals surface area contributed by atoms with Crippen LogP contribution in [0.5, 0.6) is 0 Å². The van der Waals surface area contributed by atoms with Gasteiger partial charge in [-0.05, 0) is 30.2 Å². The maximum atomic E-state index is 12.3. The lowest BCUT2D eigenvalue weighted by Gasteiger charge is -2.15. The smallest absolute Gasteiger partial charge is 0.328 e. The zero-order chi connectivity index (χ0) is 19.2. The molecule has 2 N–H and O–H groups in total. The molecular formula is C22H22N2O3. The summed E-state index contributed by atoms with van der Waals surface area (Å²) in [5.74, 6) is -0.815. The summed E-state index contributed by atoms with van der Waals surface area (Å²) in [5, 5.41) is 3.77. The number of aryl methyl sites for hydroxylation is 1. The number of amides is 1. The first-order valence-electron chi connectivity index (χ1n) is 8.75. The first kappa shape index (κ1) is 18.5. The van der Waals surface area contributed by atoms with E-state index < -0.39 is 12.0 Å². The van der Waals surface area contributed by atoms with E-state index in [4.69, 9.17) is 4.74 Å². The van der Waals surface area contributed by atoms with E-state index in [9.17, 15) is 9.59 Å². The van der Waals surface area contributed by atoms with Crippen LogP contribution < -0.4 is 5.32 Å². The van der Waals surface area contributed by atoms with Gasteiger partial charge in [-0.1, -0.05) is 48.0 Å². The summed E-state index contributed by atoms with van der Waals surface area (Å²) in [6, 6.07) is 14.9. The fourth-order valence-electron chi connectivity index (χ4n) is 3.02. The van der Waals surface area contributed by atoms with Crippen LogP contribution in [0.2, 0.25) is 0 Å². The second-order valence-electron chi connectivity index (χ2n) is 6.40. The summed E-state index contributed by atoms with van der Waals surface area (Å²) in [7, 11) is 1.32. The van der Waals surface area contributed by atoms with Crippen LogP contribution in [-0.4, -0.2) is 30.0 Å². The van der Waals surface area contributed by atoms with Gasteiger partial charge < -0.3 is 15.0 Å². The molecule has 1 atom stereocenters. The molecule has 3 aromatic rings. The van der Waals surface area contributed by atoms with E-state index in [1.807, 2.05) is 61.7 Å². The molecule has 0 bridgehead atoms. The predicted octanol–water partition coefficient (Wildman–Crippen LogP) is 3.39. The minimum absolute atomic E-state index is 0.341. The molecule has 0 radical (unpaired) electrons. The molecule has 5 nitrogen and oxygen atoms in total.